The normalized spacial score (nSPS) is 19.6. The van der Waals surface area contributed by atoms with Crippen LogP contribution >= 0.6 is 34.7 Å². The number of hydrogen-bond acceptors (Lipinski definition) is 5. The van der Waals surface area contributed by atoms with Gasteiger partial charge in [-0.2, -0.15) is 22.0 Å². The number of aliphatic hydroxyl groups is 1. The highest BCUT2D eigenvalue weighted by Crippen LogP contribution is 2.50. The maximum atomic E-state index is 13.3. The number of amides is 1. The molecule has 0 spiro atoms. The summed E-state index contributed by atoms with van der Waals surface area (Å²) in [6, 6.07) is 1.39. The minimum Gasteiger partial charge on any atom is -0.507 e. The molecule has 3 rings (SSSR count). The van der Waals surface area contributed by atoms with Crippen LogP contribution in [0.3, 0.4) is 0 Å². The smallest absolute Gasteiger partial charge is 0.464 e. The second-order valence-corrected chi connectivity index (χ2v) is 9.61. The number of thioether (sulfide) groups is 1. The number of halogens is 6. The van der Waals surface area contributed by atoms with Crippen molar-refractivity contribution in [3.63, 3.8) is 0 Å². The summed E-state index contributed by atoms with van der Waals surface area (Å²) in [5.41, 5.74) is 0.937. The van der Waals surface area contributed by atoms with Gasteiger partial charge in [-0.3, -0.25) is 9.59 Å². The first-order valence-corrected chi connectivity index (χ1v) is 10.5. The summed E-state index contributed by atoms with van der Waals surface area (Å²) in [6.45, 7) is 1.49. The largest absolute Gasteiger partial charge is 0.507 e. The van der Waals surface area contributed by atoms with Crippen molar-refractivity contribution in [2.24, 2.45) is 0 Å². The molecule has 2 aliphatic rings. The highest BCUT2D eigenvalue weighted by Gasteiger charge is 2.58. The van der Waals surface area contributed by atoms with Crippen molar-refractivity contribution in [1.82, 2.24) is 4.90 Å². The summed E-state index contributed by atoms with van der Waals surface area (Å²) in [7, 11) is 0. The van der Waals surface area contributed by atoms with E-state index in [0.717, 1.165) is 12.1 Å². The summed E-state index contributed by atoms with van der Waals surface area (Å²) in [6.07, 6.45) is -4.93. The topological polar surface area (TPSA) is 77.8 Å². The van der Waals surface area contributed by atoms with Crippen molar-refractivity contribution in [2.45, 2.75) is 41.4 Å². The fraction of sp³-hybridized carbons (Fsp3) is 0.333. The zero-order chi connectivity index (χ0) is 23.3. The maximum Gasteiger partial charge on any atom is 0.464 e. The number of hydrogen-bond donors (Lipinski definition) is 2. The summed E-state index contributed by atoms with van der Waals surface area (Å²) < 4.78 is 63.5. The summed E-state index contributed by atoms with van der Waals surface area (Å²) in [4.78, 5) is 25.5. The molecule has 0 radical (unpaired) electrons. The van der Waals surface area contributed by atoms with E-state index in [2.05, 4.69) is 0 Å². The summed E-state index contributed by atoms with van der Waals surface area (Å²) >= 11 is 5.75. The number of carbonyl (C=O) groups is 2. The molecule has 2 N–H and O–H groups in total. The van der Waals surface area contributed by atoms with E-state index in [0.29, 0.717) is 16.9 Å². The lowest BCUT2D eigenvalue weighted by atomic mass is 9.92. The van der Waals surface area contributed by atoms with Crippen LogP contribution in [0.2, 0.25) is 0 Å². The third-order valence-electron chi connectivity index (χ3n) is 4.66. The average Bonchev–Trinajstić information content (AvgIpc) is 3.18. The molecule has 0 saturated heterocycles. The Bertz CT molecular complexity index is 1040. The fourth-order valence-corrected chi connectivity index (χ4v) is 5.41. The number of carboxylic acids is 1. The molecule has 0 aromatic carbocycles. The van der Waals surface area contributed by atoms with Crippen molar-refractivity contribution < 1.29 is 41.8 Å². The number of nitrogens with zero attached hydrogens (tertiary/aromatic N) is 1. The molecule has 5 nitrogen and oxygen atoms in total. The van der Waals surface area contributed by atoms with Gasteiger partial charge in [0.1, 0.15) is 5.76 Å². The standard InChI is InChI=1S/C18H13ClF5NO4S2/c1-7-8(5-14(27)28)9-4-12(26)10(19)6-11(9)25(7)16(29)13-2-3-15(30-13)31-18(23,24)17(20,21)22/h2-4,11,26H,5-6H2,1H3,(H,27,28). The van der Waals surface area contributed by atoms with Gasteiger partial charge >= 0.3 is 17.4 Å². The second kappa shape index (κ2) is 8.14. The van der Waals surface area contributed by atoms with Crippen LogP contribution in [0.5, 0.6) is 0 Å². The number of carboxylic acid groups (broad SMARTS) is 1. The first-order valence-electron chi connectivity index (χ1n) is 8.51. The lowest BCUT2D eigenvalue weighted by Crippen LogP contribution is -2.36. The van der Waals surface area contributed by atoms with E-state index in [1.165, 1.54) is 17.9 Å². The highest BCUT2D eigenvalue weighted by molar-refractivity contribution is 8.02. The Hall–Kier alpha value is -2.05. The first-order chi connectivity index (χ1) is 14.2. The van der Waals surface area contributed by atoms with Gasteiger partial charge in [-0.05, 0) is 48.0 Å². The Morgan fingerprint density at radius 3 is 2.52 bits per heavy atom. The molecule has 0 saturated carbocycles. The molecular weight excluding hydrogens is 489 g/mol. The van der Waals surface area contributed by atoms with Gasteiger partial charge in [0, 0.05) is 12.1 Å². The minimum absolute atomic E-state index is 0.00938. The highest BCUT2D eigenvalue weighted by atomic mass is 35.5. The number of aliphatic carboxylic acids is 1. The Balaban J connectivity index is 1.93. The van der Waals surface area contributed by atoms with Gasteiger partial charge < -0.3 is 15.1 Å². The molecule has 1 unspecified atom stereocenters. The van der Waals surface area contributed by atoms with Gasteiger partial charge in [0.15, 0.2) is 0 Å². The van der Waals surface area contributed by atoms with E-state index in [1.807, 2.05) is 0 Å². The molecule has 31 heavy (non-hydrogen) atoms. The van der Waals surface area contributed by atoms with Crippen LogP contribution < -0.4 is 0 Å². The van der Waals surface area contributed by atoms with E-state index in [-0.39, 0.29) is 33.4 Å². The predicted octanol–water partition coefficient (Wildman–Crippen LogP) is 5.91. The summed E-state index contributed by atoms with van der Waals surface area (Å²) in [5, 5.41) is 14.1. The zero-order valence-corrected chi connectivity index (χ0v) is 17.9. The van der Waals surface area contributed by atoms with Gasteiger partial charge in [-0.1, -0.05) is 11.6 Å². The van der Waals surface area contributed by atoms with Gasteiger partial charge in [0.2, 0.25) is 0 Å². The molecule has 2 heterocycles. The van der Waals surface area contributed by atoms with Crippen LogP contribution in [0.25, 0.3) is 0 Å². The number of fused-ring (bicyclic) bond motifs is 1. The van der Waals surface area contributed by atoms with Crippen molar-refractivity contribution >= 4 is 46.6 Å². The number of alkyl halides is 5. The number of carbonyl (C=O) groups excluding carboxylic acids is 1. The monoisotopic (exact) mass is 501 g/mol. The minimum atomic E-state index is -5.75. The van der Waals surface area contributed by atoms with E-state index in [4.69, 9.17) is 11.6 Å². The Morgan fingerprint density at radius 1 is 1.29 bits per heavy atom. The Kier molecular flexibility index (Phi) is 6.20. The Morgan fingerprint density at radius 2 is 1.94 bits per heavy atom. The molecule has 0 bridgehead atoms. The number of rotatable bonds is 5. The molecule has 168 valence electrons. The summed E-state index contributed by atoms with van der Waals surface area (Å²) in [5.74, 6) is -2.14. The van der Waals surface area contributed by atoms with E-state index in [9.17, 15) is 41.8 Å². The number of allylic oxidation sites excluding steroid dienone is 2. The number of aliphatic hydroxyl groups excluding tert-OH is 1. The lowest BCUT2D eigenvalue weighted by molar-refractivity contribution is -0.237. The quantitative estimate of drug-likeness (QED) is 0.387. The van der Waals surface area contributed by atoms with Crippen LogP contribution in [-0.2, 0) is 4.79 Å². The molecule has 1 aliphatic heterocycles. The van der Waals surface area contributed by atoms with Crippen molar-refractivity contribution in [3.05, 3.63) is 50.7 Å². The third kappa shape index (κ3) is 4.46. The van der Waals surface area contributed by atoms with Gasteiger partial charge in [-0.25, -0.2) is 0 Å². The first kappa shape index (κ1) is 23.6. The molecule has 1 aliphatic carbocycles. The molecular formula is C18H13ClF5NO4S2. The van der Waals surface area contributed by atoms with Crippen molar-refractivity contribution in [1.29, 1.82) is 0 Å². The zero-order valence-electron chi connectivity index (χ0n) is 15.5. The maximum absolute atomic E-state index is 13.3. The molecule has 1 aromatic rings. The van der Waals surface area contributed by atoms with Crippen molar-refractivity contribution in [2.75, 3.05) is 0 Å². The van der Waals surface area contributed by atoms with Crippen LogP contribution in [0.15, 0.2) is 50.1 Å². The average molecular weight is 502 g/mol. The van der Waals surface area contributed by atoms with E-state index in [1.54, 1.807) is 0 Å². The molecule has 0 fully saturated rings. The fourth-order valence-electron chi connectivity index (χ4n) is 3.28. The van der Waals surface area contributed by atoms with Crippen LogP contribution in [0.4, 0.5) is 22.0 Å². The molecule has 13 heteroatoms. The van der Waals surface area contributed by atoms with Gasteiger partial charge in [-0.15, -0.1) is 11.3 Å². The van der Waals surface area contributed by atoms with Gasteiger partial charge in [0.05, 0.1) is 26.6 Å². The van der Waals surface area contributed by atoms with Crippen LogP contribution in [-0.4, -0.2) is 44.5 Å². The van der Waals surface area contributed by atoms with Crippen LogP contribution in [0, 0.1) is 0 Å². The molecule has 1 aromatic heterocycles. The predicted molar refractivity (Wildman–Crippen MR) is 104 cm³/mol. The number of thiophene rings is 1. The SMILES string of the molecule is CC1=C(CC(=O)O)C2=CC(O)=C(Cl)CC2N1C(=O)c1ccc(SC(F)(F)C(F)(F)F)s1. The van der Waals surface area contributed by atoms with E-state index >= 15 is 0 Å². The van der Waals surface area contributed by atoms with E-state index < -0.39 is 51.7 Å². The second-order valence-electron chi connectivity index (χ2n) is 6.65. The molecule has 1 amide bonds. The van der Waals surface area contributed by atoms with Crippen molar-refractivity contribution in [3.8, 4) is 0 Å². The third-order valence-corrected chi connectivity index (χ3v) is 7.20. The molecule has 1 atom stereocenters. The lowest BCUT2D eigenvalue weighted by Gasteiger charge is -2.28. The van der Waals surface area contributed by atoms with Gasteiger partial charge in [0.25, 0.3) is 5.91 Å². The Labute approximate surface area is 185 Å². The van der Waals surface area contributed by atoms with Crippen LogP contribution in [0.1, 0.15) is 29.4 Å².